The van der Waals surface area contributed by atoms with Gasteiger partial charge in [0.25, 0.3) is 5.69 Å². The van der Waals surface area contributed by atoms with Crippen LogP contribution >= 0.6 is 0 Å². The van der Waals surface area contributed by atoms with Gasteiger partial charge in [0.2, 0.25) is 0 Å². The summed E-state index contributed by atoms with van der Waals surface area (Å²) in [5.41, 5.74) is 0.317. The van der Waals surface area contributed by atoms with Crippen LogP contribution in [0.15, 0.2) is 36.4 Å². The van der Waals surface area contributed by atoms with Crippen molar-refractivity contribution in [2.45, 2.75) is 6.92 Å². The summed E-state index contributed by atoms with van der Waals surface area (Å²) in [5.74, 6) is -0.408. The van der Waals surface area contributed by atoms with Crippen molar-refractivity contribution in [3.63, 3.8) is 0 Å². The Labute approximate surface area is 149 Å². The summed E-state index contributed by atoms with van der Waals surface area (Å²) < 4.78 is 15.2. The fourth-order valence-corrected chi connectivity index (χ4v) is 2.34. The molecule has 0 bridgehead atoms. The van der Waals surface area contributed by atoms with Crippen molar-refractivity contribution >= 4 is 17.4 Å². The SMILES string of the molecule is COc1ccc(C(=O)COC(=O)c2cccc([N+](=O)[O-])c2C)cc1OC. The van der Waals surface area contributed by atoms with E-state index in [1.165, 1.54) is 51.5 Å². The predicted molar refractivity (Wildman–Crippen MR) is 92.0 cm³/mol. The Balaban J connectivity index is 2.11. The normalized spacial score (nSPS) is 10.1. The maximum Gasteiger partial charge on any atom is 0.339 e. The zero-order chi connectivity index (χ0) is 19.3. The Morgan fingerprint density at radius 1 is 1.08 bits per heavy atom. The molecule has 0 heterocycles. The smallest absolute Gasteiger partial charge is 0.339 e. The van der Waals surface area contributed by atoms with Crippen molar-refractivity contribution in [1.29, 1.82) is 0 Å². The van der Waals surface area contributed by atoms with Crippen LogP contribution in [-0.4, -0.2) is 37.5 Å². The molecule has 0 aliphatic heterocycles. The van der Waals surface area contributed by atoms with Gasteiger partial charge in [0.1, 0.15) is 0 Å². The van der Waals surface area contributed by atoms with E-state index in [1.807, 2.05) is 0 Å². The summed E-state index contributed by atoms with van der Waals surface area (Å²) in [6.45, 7) is 0.946. The molecule has 8 heteroatoms. The summed E-state index contributed by atoms with van der Waals surface area (Å²) in [5, 5.41) is 10.9. The van der Waals surface area contributed by atoms with E-state index in [9.17, 15) is 19.7 Å². The van der Waals surface area contributed by atoms with E-state index >= 15 is 0 Å². The highest BCUT2D eigenvalue weighted by Gasteiger charge is 2.20. The van der Waals surface area contributed by atoms with Crippen LogP contribution in [0.1, 0.15) is 26.3 Å². The maximum atomic E-state index is 12.2. The number of benzene rings is 2. The number of carbonyl (C=O) groups excluding carboxylic acids is 2. The number of nitrogens with zero attached hydrogens (tertiary/aromatic N) is 1. The molecule has 0 N–H and O–H groups in total. The van der Waals surface area contributed by atoms with Gasteiger partial charge in [-0.3, -0.25) is 14.9 Å². The zero-order valence-corrected chi connectivity index (χ0v) is 14.5. The highest BCUT2D eigenvalue weighted by atomic mass is 16.6. The number of nitro benzene ring substituents is 1. The minimum Gasteiger partial charge on any atom is -0.493 e. The monoisotopic (exact) mass is 359 g/mol. The number of rotatable bonds is 7. The van der Waals surface area contributed by atoms with Gasteiger partial charge in [-0.2, -0.15) is 0 Å². The van der Waals surface area contributed by atoms with E-state index in [0.717, 1.165) is 0 Å². The molecule has 0 fully saturated rings. The van der Waals surface area contributed by atoms with Crippen LogP contribution in [0.3, 0.4) is 0 Å². The second-order valence-electron chi connectivity index (χ2n) is 5.28. The lowest BCUT2D eigenvalue weighted by atomic mass is 10.1. The van der Waals surface area contributed by atoms with Gasteiger partial charge >= 0.3 is 5.97 Å². The third-order valence-electron chi connectivity index (χ3n) is 3.76. The minimum absolute atomic E-state index is 0.0410. The number of nitro groups is 1. The van der Waals surface area contributed by atoms with Crippen LogP contribution in [0, 0.1) is 17.0 Å². The summed E-state index contributed by atoms with van der Waals surface area (Å²) in [6, 6.07) is 8.66. The number of hydrogen-bond donors (Lipinski definition) is 0. The average Bonchev–Trinajstić information content (AvgIpc) is 2.65. The summed E-state index contributed by atoms with van der Waals surface area (Å²) >= 11 is 0. The molecule has 0 aromatic heterocycles. The number of hydrogen-bond acceptors (Lipinski definition) is 7. The van der Waals surface area contributed by atoms with E-state index in [-0.39, 0.29) is 22.4 Å². The van der Waals surface area contributed by atoms with Gasteiger partial charge in [0.15, 0.2) is 23.9 Å². The lowest BCUT2D eigenvalue weighted by Gasteiger charge is -2.10. The molecule has 136 valence electrons. The van der Waals surface area contributed by atoms with Crippen LogP contribution in [0.5, 0.6) is 11.5 Å². The number of carbonyl (C=O) groups is 2. The van der Waals surface area contributed by atoms with E-state index in [2.05, 4.69) is 0 Å². The van der Waals surface area contributed by atoms with Crippen LogP contribution in [0.2, 0.25) is 0 Å². The summed E-state index contributed by atoms with van der Waals surface area (Å²) in [7, 11) is 2.92. The molecule has 8 nitrogen and oxygen atoms in total. The van der Waals surface area contributed by atoms with Crippen molar-refractivity contribution in [3.05, 3.63) is 63.2 Å². The number of methoxy groups -OCH3 is 2. The Morgan fingerprint density at radius 2 is 1.77 bits per heavy atom. The molecule has 0 amide bonds. The number of Topliss-reactive ketones (excluding diaryl/α,β-unsaturated/α-hetero) is 1. The fraction of sp³-hybridized carbons (Fsp3) is 0.222. The molecule has 0 aliphatic carbocycles. The molecule has 2 aromatic carbocycles. The van der Waals surface area contributed by atoms with Gasteiger partial charge in [-0.1, -0.05) is 6.07 Å². The highest BCUT2D eigenvalue weighted by Crippen LogP contribution is 2.28. The maximum absolute atomic E-state index is 12.2. The van der Waals surface area contributed by atoms with E-state index in [1.54, 1.807) is 6.07 Å². The van der Waals surface area contributed by atoms with Crippen LogP contribution < -0.4 is 9.47 Å². The van der Waals surface area contributed by atoms with Gasteiger partial charge < -0.3 is 14.2 Å². The van der Waals surface area contributed by atoms with Crippen molar-refractivity contribution in [1.82, 2.24) is 0 Å². The topological polar surface area (TPSA) is 105 Å². The van der Waals surface area contributed by atoms with E-state index in [0.29, 0.717) is 11.5 Å². The largest absolute Gasteiger partial charge is 0.493 e. The molecule has 0 spiro atoms. The number of esters is 1. The molecular formula is C18H17NO7. The first kappa shape index (κ1) is 18.9. The lowest BCUT2D eigenvalue weighted by molar-refractivity contribution is -0.385. The van der Waals surface area contributed by atoms with Crippen molar-refractivity contribution in [2.24, 2.45) is 0 Å². The van der Waals surface area contributed by atoms with Crippen LogP contribution in [-0.2, 0) is 4.74 Å². The highest BCUT2D eigenvalue weighted by molar-refractivity contribution is 6.00. The first-order chi connectivity index (χ1) is 12.4. The Hall–Kier alpha value is -3.42. The first-order valence-electron chi connectivity index (χ1n) is 7.55. The molecule has 0 saturated carbocycles. The van der Waals surface area contributed by atoms with Crippen LogP contribution in [0.4, 0.5) is 5.69 Å². The molecule has 0 unspecified atom stereocenters. The third kappa shape index (κ3) is 3.97. The summed E-state index contributed by atoms with van der Waals surface area (Å²) in [4.78, 5) is 34.7. The van der Waals surface area contributed by atoms with E-state index < -0.39 is 23.3 Å². The van der Waals surface area contributed by atoms with Gasteiger partial charge in [-0.05, 0) is 31.2 Å². The van der Waals surface area contributed by atoms with Crippen molar-refractivity contribution in [3.8, 4) is 11.5 Å². The van der Waals surface area contributed by atoms with E-state index in [4.69, 9.17) is 14.2 Å². The summed E-state index contributed by atoms with van der Waals surface area (Å²) in [6.07, 6.45) is 0. The van der Waals surface area contributed by atoms with Crippen LogP contribution in [0.25, 0.3) is 0 Å². The molecule has 0 saturated heterocycles. The quantitative estimate of drug-likeness (QED) is 0.324. The molecular weight excluding hydrogens is 342 g/mol. The predicted octanol–water partition coefficient (Wildman–Crippen LogP) is 2.96. The van der Waals surface area contributed by atoms with Gasteiger partial charge in [-0.15, -0.1) is 0 Å². The standard InChI is InChI=1S/C18H17NO7/c1-11-13(5-4-6-14(11)19(22)23)18(21)26-10-15(20)12-7-8-16(24-2)17(9-12)25-3/h4-9H,10H2,1-3H3. The average molecular weight is 359 g/mol. The molecule has 0 aliphatic rings. The number of ether oxygens (including phenoxy) is 3. The molecule has 0 atom stereocenters. The van der Waals surface area contributed by atoms with Crippen molar-refractivity contribution in [2.75, 3.05) is 20.8 Å². The molecule has 26 heavy (non-hydrogen) atoms. The lowest BCUT2D eigenvalue weighted by Crippen LogP contribution is -2.15. The fourth-order valence-electron chi connectivity index (χ4n) is 2.34. The zero-order valence-electron chi connectivity index (χ0n) is 14.5. The second-order valence-corrected chi connectivity index (χ2v) is 5.28. The Kier molecular flexibility index (Phi) is 5.90. The van der Waals surface area contributed by atoms with Crippen molar-refractivity contribution < 1.29 is 28.7 Å². The Morgan fingerprint density at radius 3 is 2.38 bits per heavy atom. The molecule has 2 aromatic rings. The molecule has 0 radical (unpaired) electrons. The number of ketones is 1. The second kappa shape index (κ2) is 8.11. The molecule has 2 rings (SSSR count). The third-order valence-corrected chi connectivity index (χ3v) is 3.76. The van der Waals surface area contributed by atoms with Gasteiger partial charge in [0.05, 0.1) is 24.7 Å². The minimum atomic E-state index is -0.806. The Bertz CT molecular complexity index is 861. The van der Waals surface area contributed by atoms with Gasteiger partial charge in [0, 0.05) is 17.2 Å². The van der Waals surface area contributed by atoms with Gasteiger partial charge in [-0.25, -0.2) is 4.79 Å². The first-order valence-corrected chi connectivity index (χ1v) is 7.55.